The molecule has 2 aliphatic heterocycles. The smallest absolute Gasteiger partial charge is 0.0552 e. The van der Waals surface area contributed by atoms with E-state index < -0.39 is 0 Å². The molecule has 0 saturated carbocycles. The van der Waals surface area contributed by atoms with Crippen molar-refractivity contribution in [3.8, 4) is 0 Å². The van der Waals surface area contributed by atoms with Crippen LogP contribution in [0, 0.1) is 6.92 Å². The maximum Gasteiger partial charge on any atom is 0.0552 e. The SMILES string of the molecule is Cc1ccc2c(c1Br)N1C(C)CNC[C@H]1C2. The fraction of sp³-hybridized carbons (Fsp3) is 0.538. The molecular weight excluding hydrogens is 264 g/mol. The van der Waals surface area contributed by atoms with E-state index in [9.17, 15) is 0 Å². The lowest BCUT2D eigenvalue weighted by Gasteiger charge is -2.39. The van der Waals surface area contributed by atoms with Gasteiger partial charge in [0.2, 0.25) is 0 Å². The molecule has 0 bridgehead atoms. The van der Waals surface area contributed by atoms with E-state index in [1.165, 1.54) is 27.7 Å². The Hall–Kier alpha value is -0.540. The van der Waals surface area contributed by atoms with Crippen molar-refractivity contribution < 1.29 is 0 Å². The molecule has 1 aromatic carbocycles. The van der Waals surface area contributed by atoms with Crippen LogP contribution >= 0.6 is 15.9 Å². The second-order valence-electron chi connectivity index (χ2n) is 4.98. The number of anilines is 1. The summed E-state index contributed by atoms with van der Waals surface area (Å²) in [5.74, 6) is 0. The predicted octanol–water partition coefficient (Wildman–Crippen LogP) is 2.48. The van der Waals surface area contributed by atoms with Crippen LogP contribution in [0.5, 0.6) is 0 Å². The third kappa shape index (κ3) is 1.41. The molecular formula is C13H17BrN2. The maximum atomic E-state index is 3.76. The molecule has 3 heteroatoms. The summed E-state index contributed by atoms with van der Waals surface area (Å²) in [4.78, 5) is 2.60. The standard InChI is InChI=1S/C13H17BrN2/c1-8-3-4-10-5-11-7-15-6-9(2)16(11)13(10)12(8)14/h3-4,9,11,15H,5-7H2,1-2H3/t9?,11-/m1/s1. The normalized spacial score (nSPS) is 27.8. The topological polar surface area (TPSA) is 15.3 Å². The van der Waals surface area contributed by atoms with E-state index in [0.29, 0.717) is 12.1 Å². The van der Waals surface area contributed by atoms with Gasteiger partial charge in [-0.2, -0.15) is 0 Å². The molecule has 1 N–H and O–H groups in total. The van der Waals surface area contributed by atoms with Crippen molar-refractivity contribution in [2.45, 2.75) is 32.4 Å². The molecule has 2 aliphatic rings. The van der Waals surface area contributed by atoms with Gasteiger partial charge in [-0.05, 0) is 47.3 Å². The molecule has 0 amide bonds. The van der Waals surface area contributed by atoms with Crippen LogP contribution in [-0.2, 0) is 6.42 Å². The van der Waals surface area contributed by atoms with E-state index in [4.69, 9.17) is 0 Å². The highest BCUT2D eigenvalue weighted by atomic mass is 79.9. The van der Waals surface area contributed by atoms with Gasteiger partial charge < -0.3 is 10.2 Å². The van der Waals surface area contributed by atoms with Crippen molar-refractivity contribution >= 4 is 21.6 Å². The van der Waals surface area contributed by atoms with Gasteiger partial charge in [0.05, 0.1) is 5.69 Å². The fourth-order valence-corrected chi connectivity index (χ4v) is 3.58. The van der Waals surface area contributed by atoms with Gasteiger partial charge in [-0.3, -0.25) is 0 Å². The molecule has 0 radical (unpaired) electrons. The summed E-state index contributed by atoms with van der Waals surface area (Å²) in [6.07, 6.45) is 1.19. The van der Waals surface area contributed by atoms with E-state index in [1.54, 1.807) is 0 Å². The highest BCUT2D eigenvalue weighted by molar-refractivity contribution is 9.10. The zero-order valence-corrected chi connectivity index (χ0v) is 11.3. The van der Waals surface area contributed by atoms with E-state index in [2.05, 4.69) is 52.1 Å². The molecule has 86 valence electrons. The van der Waals surface area contributed by atoms with Crippen LogP contribution in [-0.4, -0.2) is 25.2 Å². The van der Waals surface area contributed by atoms with E-state index in [-0.39, 0.29) is 0 Å². The highest BCUT2D eigenvalue weighted by Crippen LogP contribution is 2.41. The van der Waals surface area contributed by atoms with Gasteiger partial charge in [-0.15, -0.1) is 0 Å². The number of piperazine rings is 1. The minimum Gasteiger partial charge on any atom is -0.362 e. The van der Waals surface area contributed by atoms with Gasteiger partial charge in [-0.1, -0.05) is 12.1 Å². The lowest BCUT2D eigenvalue weighted by atomic mass is 10.1. The van der Waals surface area contributed by atoms with Crippen molar-refractivity contribution in [2.24, 2.45) is 0 Å². The summed E-state index contributed by atoms with van der Waals surface area (Å²) in [6, 6.07) is 5.76. The first kappa shape index (κ1) is 10.6. The number of benzene rings is 1. The molecule has 2 heterocycles. The number of rotatable bonds is 0. The number of hydrogen-bond acceptors (Lipinski definition) is 2. The Morgan fingerprint density at radius 3 is 3.00 bits per heavy atom. The van der Waals surface area contributed by atoms with Gasteiger partial charge in [0.1, 0.15) is 0 Å². The first-order chi connectivity index (χ1) is 7.68. The quantitative estimate of drug-likeness (QED) is 0.786. The second-order valence-corrected chi connectivity index (χ2v) is 5.77. The van der Waals surface area contributed by atoms with E-state index in [0.717, 1.165) is 13.1 Å². The zero-order chi connectivity index (χ0) is 11.3. The van der Waals surface area contributed by atoms with Gasteiger partial charge in [0.15, 0.2) is 0 Å². The molecule has 1 unspecified atom stereocenters. The Balaban J connectivity index is 2.11. The number of hydrogen-bond donors (Lipinski definition) is 1. The van der Waals surface area contributed by atoms with Crippen LogP contribution in [0.3, 0.4) is 0 Å². The number of nitrogens with zero attached hydrogens (tertiary/aromatic N) is 1. The molecule has 1 fully saturated rings. The molecule has 2 atom stereocenters. The largest absolute Gasteiger partial charge is 0.362 e. The van der Waals surface area contributed by atoms with Crippen molar-refractivity contribution in [3.05, 3.63) is 27.7 Å². The molecule has 2 nitrogen and oxygen atoms in total. The van der Waals surface area contributed by atoms with Crippen LogP contribution in [0.15, 0.2) is 16.6 Å². The Labute approximate surface area is 105 Å². The Kier molecular flexibility index (Phi) is 2.48. The van der Waals surface area contributed by atoms with Crippen molar-refractivity contribution in [3.63, 3.8) is 0 Å². The van der Waals surface area contributed by atoms with Crippen molar-refractivity contribution in [1.29, 1.82) is 0 Å². The van der Waals surface area contributed by atoms with E-state index in [1.807, 2.05) is 0 Å². The minimum absolute atomic E-state index is 0.595. The first-order valence-electron chi connectivity index (χ1n) is 5.95. The third-order valence-corrected chi connectivity index (χ3v) is 4.80. The summed E-state index contributed by atoms with van der Waals surface area (Å²) < 4.78 is 1.29. The Bertz CT molecular complexity index is 430. The maximum absolute atomic E-state index is 3.76. The average Bonchev–Trinajstić information content (AvgIpc) is 2.64. The van der Waals surface area contributed by atoms with Gasteiger partial charge >= 0.3 is 0 Å². The van der Waals surface area contributed by atoms with Crippen molar-refractivity contribution in [1.82, 2.24) is 5.32 Å². The highest BCUT2D eigenvalue weighted by Gasteiger charge is 2.36. The van der Waals surface area contributed by atoms with Crippen LogP contribution < -0.4 is 10.2 Å². The second kappa shape index (κ2) is 3.74. The van der Waals surface area contributed by atoms with Gasteiger partial charge in [-0.25, -0.2) is 0 Å². The monoisotopic (exact) mass is 280 g/mol. The van der Waals surface area contributed by atoms with Crippen LogP contribution in [0.25, 0.3) is 0 Å². The van der Waals surface area contributed by atoms with E-state index >= 15 is 0 Å². The lowest BCUT2D eigenvalue weighted by molar-refractivity contribution is 0.429. The van der Waals surface area contributed by atoms with Crippen LogP contribution in [0.4, 0.5) is 5.69 Å². The molecule has 0 aliphatic carbocycles. The van der Waals surface area contributed by atoms with Crippen molar-refractivity contribution in [2.75, 3.05) is 18.0 Å². The molecule has 0 aromatic heterocycles. The summed E-state index contributed by atoms with van der Waals surface area (Å²) in [5.41, 5.74) is 4.28. The molecule has 16 heavy (non-hydrogen) atoms. The average molecular weight is 281 g/mol. The number of halogens is 1. The number of fused-ring (bicyclic) bond motifs is 3. The lowest BCUT2D eigenvalue weighted by Crippen LogP contribution is -2.55. The summed E-state index contributed by atoms with van der Waals surface area (Å²) in [7, 11) is 0. The predicted molar refractivity (Wildman–Crippen MR) is 71.2 cm³/mol. The number of nitrogens with one attached hydrogen (secondary N) is 1. The molecule has 3 rings (SSSR count). The fourth-order valence-electron chi connectivity index (χ4n) is 2.99. The molecule has 0 spiro atoms. The minimum atomic E-state index is 0.595. The van der Waals surface area contributed by atoms with Crippen LogP contribution in [0.1, 0.15) is 18.1 Å². The number of aryl methyl sites for hydroxylation is 1. The zero-order valence-electron chi connectivity index (χ0n) is 9.76. The first-order valence-corrected chi connectivity index (χ1v) is 6.75. The molecule has 1 aromatic rings. The Morgan fingerprint density at radius 1 is 1.38 bits per heavy atom. The Morgan fingerprint density at radius 2 is 2.19 bits per heavy atom. The van der Waals surface area contributed by atoms with Gasteiger partial charge in [0, 0.05) is 29.6 Å². The third-order valence-electron chi connectivity index (χ3n) is 3.79. The summed E-state index contributed by atoms with van der Waals surface area (Å²) in [5, 5.41) is 3.52. The summed E-state index contributed by atoms with van der Waals surface area (Å²) in [6.45, 7) is 6.69. The van der Waals surface area contributed by atoms with Gasteiger partial charge in [0.25, 0.3) is 0 Å². The summed E-state index contributed by atoms with van der Waals surface area (Å²) >= 11 is 3.76. The van der Waals surface area contributed by atoms with Crippen LogP contribution in [0.2, 0.25) is 0 Å². The molecule has 1 saturated heterocycles.